The molecule has 30 heavy (non-hydrogen) atoms. The Kier molecular flexibility index (Phi) is 5.48. The molecule has 2 heterocycles. The molecule has 0 bridgehead atoms. The molecule has 0 spiro atoms. The molecule has 1 saturated heterocycles. The second kappa shape index (κ2) is 8.22. The first-order valence-electron chi connectivity index (χ1n) is 9.09. The molecule has 2 N–H and O–H groups in total. The maximum absolute atomic E-state index is 12.7. The summed E-state index contributed by atoms with van der Waals surface area (Å²) in [6.07, 6.45) is 0. The van der Waals surface area contributed by atoms with E-state index in [1.165, 1.54) is 28.6 Å². The summed E-state index contributed by atoms with van der Waals surface area (Å²) in [6.45, 7) is 1.33. The number of sulfonamides is 1. The number of hydrogen-bond donors (Lipinski definition) is 2. The number of aromatic nitrogens is 2. The number of ether oxygens (including phenoxy) is 1. The third kappa shape index (κ3) is 4.17. The van der Waals surface area contributed by atoms with Crippen molar-refractivity contribution in [2.75, 3.05) is 31.6 Å². The summed E-state index contributed by atoms with van der Waals surface area (Å²) in [7, 11) is -3.62. The number of morpholine rings is 1. The fourth-order valence-electron chi connectivity index (χ4n) is 3.02. The molecule has 0 aliphatic carbocycles. The molecule has 1 amide bonds. The number of nitrogens with zero attached hydrogens (tertiary/aromatic N) is 2. The fourth-order valence-corrected chi connectivity index (χ4v) is 4.42. The highest BCUT2D eigenvalue weighted by molar-refractivity contribution is 7.89. The van der Waals surface area contributed by atoms with E-state index in [0.29, 0.717) is 43.1 Å². The standard InChI is InChI=1S/C19H18N4O6S/c24-18(20-15-3-1-2-14(12-15)17-21-19(25)29-22-17)13-4-6-16(7-5-13)30(26,27)23-8-10-28-11-9-23/h1-7,12H,8-11H2,(H,20,24)(H,21,22,25). The van der Waals surface area contributed by atoms with Gasteiger partial charge in [0.25, 0.3) is 5.91 Å². The highest BCUT2D eigenvalue weighted by atomic mass is 32.2. The van der Waals surface area contributed by atoms with E-state index in [0.717, 1.165) is 0 Å². The zero-order valence-corrected chi connectivity index (χ0v) is 16.5. The zero-order chi connectivity index (χ0) is 21.1. The molecule has 1 fully saturated rings. The number of rotatable bonds is 5. The first-order chi connectivity index (χ1) is 14.4. The van der Waals surface area contributed by atoms with Crippen molar-refractivity contribution in [3.8, 4) is 11.4 Å². The summed E-state index contributed by atoms with van der Waals surface area (Å²) in [5, 5.41) is 6.34. The topological polar surface area (TPSA) is 135 Å². The van der Waals surface area contributed by atoms with E-state index in [1.54, 1.807) is 24.3 Å². The summed E-state index contributed by atoms with van der Waals surface area (Å²) >= 11 is 0. The Bertz CT molecular complexity index is 1210. The predicted molar refractivity (Wildman–Crippen MR) is 107 cm³/mol. The number of hydrogen-bond acceptors (Lipinski definition) is 7. The molecule has 0 atom stereocenters. The van der Waals surface area contributed by atoms with Crippen molar-refractivity contribution >= 4 is 21.6 Å². The molecule has 2 aromatic carbocycles. The van der Waals surface area contributed by atoms with E-state index >= 15 is 0 Å². The van der Waals surface area contributed by atoms with Gasteiger partial charge < -0.3 is 10.1 Å². The van der Waals surface area contributed by atoms with Crippen LogP contribution in [0.25, 0.3) is 11.4 Å². The second-order valence-electron chi connectivity index (χ2n) is 6.52. The Balaban J connectivity index is 1.48. The Morgan fingerprint density at radius 3 is 2.50 bits per heavy atom. The van der Waals surface area contributed by atoms with Crippen LogP contribution in [0.1, 0.15) is 10.4 Å². The van der Waals surface area contributed by atoms with Gasteiger partial charge in [0.05, 0.1) is 18.1 Å². The van der Waals surface area contributed by atoms with Gasteiger partial charge in [-0.1, -0.05) is 17.3 Å². The average Bonchev–Trinajstić information content (AvgIpc) is 3.21. The lowest BCUT2D eigenvalue weighted by Crippen LogP contribution is -2.40. The first kappa shape index (κ1) is 20.0. The van der Waals surface area contributed by atoms with Crippen LogP contribution < -0.4 is 11.1 Å². The lowest BCUT2D eigenvalue weighted by Gasteiger charge is -2.26. The van der Waals surface area contributed by atoms with Gasteiger partial charge in [-0.3, -0.25) is 14.3 Å². The van der Waals surface area contributed by atoms with Crippen LogP contribution in [0, 0.1) is 0 Å². The molecule has 3 aromatic rings. The Morgan fingerprint density at radius 1 is 1.10 bits per heavy atom. The summed E-state index contributed by atoms with van der Waals surface area (Å²) in [5.41, 5.74) is 1.34. The number of benzene rings is 2. The van der Waals surface area contributed by atoms with Crippen LogP contribution in [-0.4, -0.2) is 55.1 Å². The number of H-pyrrole nitrogens is 1. The molecule has 1 aromatic heterocycles. The number of anilines is 1. The number of carbonyl (C=O) groups excluding carboxylic acids is 1. The second-order valence-corrected chi connectivity index (χ2v) is 8.46. The summed E-state index contributed by atoms with van der Waals surface area (Å²) in [4.78, 5) is 26.2. The zero-order valence-electron chi connectivity index (χ0n) is 15.7. The van der Waals surface area contributed by atoms with E-state index < -0.39 is 21.7 Å². The van der Waals surface area contributed by atoms with Gasteiger partial charge in [0, 0.05) is 29.9 Å². The molecular weight excluding hydrogens is 412 g/mol. The van der Waals surface area contributed by atoms with Gasteiger partial charge in [-0.25, -0.2) is 13.2 Å². The van der Waals surface area contributed by atoms with Gasteiger partial charge in [0.2, 0.25) is 10.0 Å². The van der Waals surface area contributed by atoms with Crippen molar-refractivity contribution in [3.05, 3.63) is 64.6 Å². The maximum Gasteiger partial charge on any atom is 0.439 e. The quantitative estimate of drug-likeness (QED) is 0.623. The van der Waals surface area contributed by atoms with Gasteiger partial charge in [0.1, 0.15) is 0 Å². The van der Waals surface area contributed by atoms with E-state index in [2.05, 4.69) is 20.0 Å². The number of amides is 1. The van der Waals surface area contributed by atoms with Gasteiger partial charge >= 0.3 is 5.76 Å². The SMILES string of the molecule is O=C(Nc1cccc(-c2noc(=O)[nH]2)c1)c1ccc(S(=O)(=O)N2CCOCC2)cc1. The highest BCUT2D eigenvalue weighted by Gasteiger charge is 2.26. The Labute approximate surface area is 171 Å². The van der Waals surface area contributed by atoms with E-state index in [1.807, 2.05) is 0 Å². The van der Waals surface area contributed by atoms with Crippen LogP contribution in [0.5, 0.6) is 0 Å². The van der Waals surface area contributed by atoms with Crippen LogP contribution in [0.3, 0.4) is 0 Å². The minimum absolute atomic E-state index is 0.123. The molecule has 4 rings (SSSR count). The number of aromatic amines is 1. The fraction of sp³-hybridized carbons (Fsp3) is 0.211. The van der Waals surface area contributed by atoms with Crippen molar-refractivity contribution in [2.24, 2.45) is 0 Å². The van der Waals surface area contributed by atoms with E-state index in [4.69, 9.17) is 4.74 Å². The lowest BCUT2D eigenvalue weighted by molar-refractivity contribution is 0.0730. The van der Waals surface area contributed by atoms with E-state index in [9.17, 15) is 18.0 Å². The van der Waals surface area contributed by atoms with Crippen molar-refractivity contribution in [1.82, 2.24) is 14.4 Å². The van der Waals surface area contributed by atoms with Crippen LogP contribution in [0.15, 0.2) is 62.7 Å². The van der Waals surface area contributed by atoms with Crippen LogP contribution in [0.4, 0.5) is 5.69 Å². The van der Waals surface area contributed by atoms with Crippen LogP contribution >= 0.6 is 0 Å². The van der Waals surface area contributed by atoms with Crippen LogP contribution in [0.2, 0.25) is 0 Å². The summed E-state index contributed by atoms with van der Waals surface area (Å²) in [5.74, 6) is -0.837. The third-order valence-corrected chi connectivity index (χ3v) is 6.47. The van der Waals surface area contributed by atoms with Crippen LogP contribution in [-0.2, 0) is 14.8 Å². The average molecular weight is 430 g/mol. The molecular formula is C19H18N4O6S. The molecule has 1 aliphatic heterocycles. The van der Waals surface area contributed by atoms with Crippen molar-refractivity contribution in [2.45, 2.75) is 4.90 Å². The Hall–Kier alpha value is -3.28. The Morgan fingerprint density at radius 2 is 1.83 bits per heavy atom. The van der Waals surface area contributed by atoms with Gasteiger partial charge in [-0.15, -0.1) is 0 Å². The monoisotopic (exact) mass is 430 g/mol. The van der Waals surface area contributed by atoms with Crippen molar-refractivity contribution in [1.29, 1.82) is 0 Å². The van der Waals surface area contributed by atoms with E-state index in [-0.39, 0.29) is 10.7 Å². The highest BCUT2D eigenvalue weighted by Crippen LogP contribution is 2.21. The van der Waals surface area contributed by atoms with Gasteiger partial charge in [-0.2, -0.15) is 4.31 Å². The molecule has 0 saturated carbocycles. The summed E-state index contributed by atoms with van der Waals surface area (Å²) < 4.78 is 36.4. The largest absolute Gasteiger partial charge is 0.439 e. The molecule has 1 aliphatic rings. The number of nitrogens with one attached hydrogen (secondary N) is 2. The normalized spacial score (nSPS) is 15.1. The molecule has 156 valence electrons. The molecule has 0 radical (unpaired) electrons. The number of carbonyl (C=O) groups is 1. The minimum atomic E-state index is -3.62. The maximum atomic E-state index is 12.7. The smallest absolute Gasteiger partial charge is 0.379 e. The van der Waals surface area contributed by atoms with Gasteiger partial charge in [0.15, 0.2) is 5.82 Å². The van der Waals surface area contributed by atoms with Crippen molar-refractivity contribution < 1.29 is 22.5 Å². The van der Waals surface area contributed by atoms with Gasteiger partial charge in [-0.05, 0) is 36.4 Å². The first-order valence-corrected chi connectivity index (χ1v) is 10.5. The molecule has 10 nitrogen and oxygen atoms in total. The minimum Gasteiger partial charge on any atom is -0.379 e. The van der Waals surface area contributed by atoms with Crippen molar-refractivity contribution in [3.63, 3.8) is 0 Å². The summed E-state index contributed by atoms with van der Waals surface area (Å²) in [6, 6.07) is 12.4. The molecule has 11 heteroatoms. The lowest BCUT2D eigenvalue weighted by atomic mass is 10.1. The molecule has 0 unspecified atom stereocenters. The predicted octanol–water partition coefficient (Wildman–Crippen LogP) is 1.30. The third-order valence-electron chi connectivity index (χ3n) is 4.56.